The molecule has 4 nitrogen and oxygen atoms in total. The van der Waals surface area contributed by atoms with Gasteiger partial charge in [0.05, 0.1) is 7.11 Å². The van der Waals surface area contributed by atoms with Crippen LogP contribution in [0, 0.1) is 6.92 Å². The van der Waals surface area contributed by atoms with Crippen molar-refractivity contribution in [1.82, 2.24) is 10.6 Å². The molecule has 4 heteroatoms. The lowest BCUT2D eigenvalue weighted by molar-refractivity contribution is 0.0933. The lowest BCUT2D eigenvalue weighted by atomic mass is 10.1. The van der Waals surface area contributed by atoms with Gasteiger partial charge in [-0.25, -0.2) is 0 Å². The van der Waals surface area contributed by atoms with Crippen LogP contribution in [-0.2, 0) is 0 Å². The normalized spacial score (nSPS) is 12.0. The maximum atomic E-state index is 12.2. The van der Waals surface area contributed by atoms with E-state index in [2.05, 4.69) is 17.6 Å². The molecule has 0 aromatic heterocycles. The number of hydrogen-bond acceptors (Lipinski definition) is 3. The molecule has 0 saturated heterocycles. The van der Waals surface area contributed by atoms with Gasteiger partial charge in [0, 0.05) is 11.6 Å². The van der Waals surface area contributed by atoms with Gasteiger partial charge in [0.1, 0.15) is 5.75 Å². The fourth-order valence-electron chi connectivity index (χ4n) is 1.98. The summed E-state index contributed by atoms with van der Waals surface area (Å²) in [6.45, 7) is 4.91. The summed E-state index contributed by atoms with van der Waals surface area (Å²) in [6.07, 6.45) is 1.87. The summed E-state index contributed by atoms with van der Waals surface area (Å²) in [5.74, 6) is 0.763. The van der Waals surface area contributed by atoms with E-state index < -0.39 is 0 Å². The molecule has 0 heterocycles. The van der Waals surface area contributed by atoms with E-state index in [4.69, 9.17) is 4.74 Å². The zero-order valence-corrected chi connectivity index (χ0v) is 12.2. The second kappa shape index (κ2) is 7.79. The molecule has 1 unspecified atom stereocenters. The predicted octanol–water partition coefficient (Wildman–Crippen LogP) is 2.12. The maximum Gasteiger partial charge on any atom is 0.251 e. The van der Waals surface area contributed by atoms with Crippen LogP contribution in [0.4, 0.5) is 0 Å². The largest absolute Gasteiger partial charge is 0.497 e. The average Bonchev–Trinajstić information content (AvgIpc) is 2.42. The molecule has 1 rings (SSSR count). The molecular weight excluding hydrogens is 240 g/mol. The quantitative estimate of drug-likeness (QED) is 0.793. The fraction of sp³-hybridized carbons (Fsp3) is 0.533. The minimum absolute atomic E-state index is 0.0110. The highest BCUT2D eigenvalue weighted by molar-refractivity contribution is 5.95. The van der Waals surface area contributed by atoms with E-state index >= 15 is 0 Å². The van der Waals surface area contributed by atoms with Gasteiger partial charge in [-0.1, -0.05) is 6.92 Å². The van der Waals surface area contributed by atoms with Gasteiger partial charge < -0.3 is 15.4 Å². The molecule has 1 aromatic carbocycles. The number of carbonyl (C=O) groups excluding carboxylic acids is 1. The van der Waals surface area contributed by atoms with Crippen LogP contribution in [0.1, 0.15) is 35.7 Å². The van der Waals surface area contributed by atoms with Crippen LogP contribution >= 0.6 is 0 Å². The SMILES string of the molecule is CCC(CCNC)NC(=O)c1ccc(OC)cc1C. The second-order valence-corrected chi connectivity index (χ2v) is 4.65. The van der Waals surface area contributed by atoms with Crippen molar-refractivity contribution in [1.29, 1.82) is 0 Å². The Morgan fingerprint density at radius 1 is 1.42 bits per heavy atom. The summed E-state index contributed by atoms with van der Waals surface area (Å²) >= 11 is 0. The van der Waals surface area contributed by atoms with E-state index in [1.165, 1.54) is 0 Å². The van der Waals surface area contributed by atoms with Gasteiger partial charge in [0.2, 0.25) is 0 Å². The molecule has 106 valence electrons. The first-order chi connectivity index (χ1) is 9.12. The number of aryl methyl sites for hydroxylation is 1. The summed E-state index contributed by atoms with van der Waals surface area (Å²) in [7, 11) is 3.54. The number of benzene rings is 1. The average molecular weight is 264 g/mol. The Morgan fingerprint density at radius 3 is 2.68 bits per heavy atom. The highest BCUT2D eigenvalue weighted by atomic mass is 16.5. The monoisotopic (exact) mass is 264 g/mol. The Balaban J connectivity index is 2.71. The van der Waals surface area contributed by atoms with Crippen molar-refractivity contribution < 1.29 is 9.53 Å². The van der Waals surface area contributed by atoms with Crippen LogP contribution in [0.15, 0.2) is 18.2 Å². The summed E-state index contributed by atoms with van der Waals surface area (Å²) in [5, 5.41) is 6.18. The lowest BCUT2D eigenvalue weighted by Crippen LogP contribution is -2.36. The molecule has 1 atom stereocenters. The molecule has 19 heavy (non-hydrogen) atoms. The van der Waals surface area contributed by atoms with Gasteiger partial charge in [0.15, 0.2) is 0 Å². The number of hydrogen-bond donors (Lipinski definition) is 2. The van der Waals surface area contributed by atoms with Gasteiger partial charge in [-0.05, 0) is 57.1 Å². The Bertz CT molecular complexity index is 419. The molecular formula is C15H24N2O2. The Hall–Kier alpha value is -1.55. The van der Waals surface area contributed by atoms with Crippen LogP contribution in [0.3, 0.4) is 0 Å². The number of amides is 1. The highest BCUT2D eigenvalue weighted by Crippen LogP contribution is 2.17. The number of ether oxygens (including phenoxy) is 1. The molecule has 0 aliphatic rings. The van der Waals surface area contributed by atoms with Gasteiger partial charge in [-0.2, -0.15) is 0 Å². The summed E-state index contributed by atoms with van der Waals surface area (Å²) in [6, 6.07) is 5.72. The van der Waals surface area contributed by atoms with E-state index in [0.29, 0.717) is 5.56 Å². The fourth-order valence-corrected chi connectivity index (χ4v) is 1.98. The van der Waals surface area contributed by atoms with Crippen molar-refractivity contribution in [3.63, 3.8) is 0 Å². The first-order valence-corrected chi connectivity index (χ1v) is 6.72. The molecule has 0 saturated carbocycles. The van der Waals surface area contributed by atoms with Gasteiger partial charge in [-0.3, -0.25) is 4.79 Å². The number of methoxy groups -OCH3 is 1. The third-order valence-electron chi connectivity index (χ3n) is 3.25. The van der Waals surface area contributed by atoms with Crippen molar-refractivity contribution in [2.24, 2.45) is 0 Å². The molecule has 0 spiro atoms. The number of nitrogens with one attached hydrogen (secondary N) is 2. The Morgan fingerprint density at radius 2 is 2.16 bits per heavy atom. The van der Waals surface area contributed by atoms with Crippen molar-refractivity contribution >= 4 is 5.91 Å². The third kappa shape index (κ3) is 4.56. The van der Waals surface area contributed by atoms with E-state index in [1.807, 2.05) is 32.2 Å². The van der Waals surface area contributed by atoms with Gasteiger partial charge in [0.25, 0.3) is 5.91 Å². The van der Waals surface area contributed by atoms with Crippen molar-refractivity contribution in [2.75, 3.05) is 20.7 Å². The van der Waals surface area contributed by atoms with Crippen molar-refractivity contribution in [2.45, 2.75) is 32.7 Å². The zero-order valence-electron chi connectivity index (χ0n) is 12.2. The van der Waals surface area contributed by atoms with Gasteiger partial charge >= 0.3 is 0 Å². The van der Waals surface area contributed by atoms with Crippen molar-refractivity contribution in [3.8, 4) is 5.75 Å². The Kier molecular flexibility index (Phi) is 6.36. The predicted molar refractivity (Wildman–Crippen MR) is 77.8 cm³/mol. The highest BCUT2D eigenvalue weighted by Gasteiger charge is 2.14. The minimum Gasteiger partial charge on any atom is -0.497 e. The Labute approximate surface area is 115 Å². The zero-order chi connectivity index (χ0) is 14.3. The summed E-state index contributed by atoms with van der Waals surface area (Å²) in [4.78, 5) is 12.2. The minimum atomic E-state index is -0.0110. The first kappa shape index (κ1) is 15.5. The first-order valence-electron chi connectivity index (χ1n) is 6.72. The van der Waals surface area contributed by atoms with Crippen LogP contribution in [0.2, 0.25) is 0 Å². The molecule has 1 aromatic rings. The van der Waals surface area contributed by atoms with Gasteiger partial charge in [-0.15, -0.1) is 0 Å². The van der Waals surface area contributed by atoms with E-state index in [9.17, 15) is 4.79 Å². The van der Waals surface area contributed by atoms with E-state index in [0.717, 1.165) is 30.7 Å². The lowest BCUT2D eigenvalue weighted by Gasteiger charge is -2.17. The molecule has 0 aliphatic heterocycles. The van der Waals surface area contributed by atoms with Crippen molar-refractivity contribution in [3.05, 3.63) is 29.3 Å². The molecule has 1 amide bonds. The molecule has 0 bridgehead atoms. The number of rotatable bonds is 7. The third-order valence-corrected chi connectivity index (χ3v) is 3.25. The summed E-state index contributed by atoms with van der Waals surface area (Å²) < 4.78 is 5.15. The molecule has 0 fully saturated rings. The molecule has 2 N–H and O–H groups in total. The second-order valence-electron chi connectivity index (χ2n) is 4.65. The number of carbonyl (C=O) groups is 1. The van der Waals surface area contributed by atoms with Crippen LogP contribution in [-0.4, -0.2) is 32.7 Å². The topological polar surface area (TPSA) is 50.4 Å². The van der Waals surface area contributed by atoms with E-state index in [1.54, 1.807) is 7.11 Å². The smallest absolute Gasteiger partial charge is 0.251 e. The van der Waals surface area contributed by atoms with Crippen LogP contribution in [0.25, 0.3) is 0 Å². The van der Waals surface area contributed by atoms with E-state index in [-0.39, 0.29) is 11.9 Å². The van der Waals surface area contributed by atoms with Crippen LogP contribution in [0.5, 0.6) is 5.75 Å². The summed E-state index contributed by atoms with van der Waals surface area (Å²) in [5.41, 5.74) is 1.64. The van der Waals surface area contributed by atoms with Crippen LogP contribution < -0.4 is 15.4 Å². The molecule has 0 radical (unpaired) electrons. The molecule has 0 aliphatic carbocycles. The standard InChI is InChI=1S/C15H24N2O2/c1-5-12(8-9-16-3)17-15(18)14-7-6-13(19-4)10-11(14)2/h6-7,10,12,16H,5,8-9H2,1-4H3,(H,17,18). The maximum absolute atomic E-state index is 12.2.